The molecule has 4 amide bonds. The lowest BCUT2D eigenvalue weighted by atomic mass is 9.89. The Morgan fingerprint density at radius 2 is 1.52 bits per heavy atom. The van der Waals surface area contributed by atoms with Gasteiger partial charge in [-0.15, -0.1) is 0 Å². The van der Waals surface area contributed by atoms with E-state index in [4.69, 9.17) is 14.2 Å². The number of benzene rings is 1. The number of hydrogen-bond acceptors (Lipinski definition) is 9. The lowest BCUT2D eigenvalue weighted by Crippen LogP contribution is -2.60. The van der Waals surface area contributed by atoms with E-state index < -0.39 is 54.3 Å². The van der Waals surface area contributed by atoms with E-state index in [2.05, 4.69) is 17.2 Å². The van der Waals surface area contributed by atoms with Gasteiger partial charge in [0.05, 0.1) is 43.7 Å². The van der Waals surface area contributed by atoms with Crippen LogP contribution in [0, 0.1) is 23.7 Å². The van der Waals surface area contributed by atoms with Crippen molar-refractivity contribution in [1.82, 2.24) is 25.3 Å². The Morgan fingerprint density at radius 3 is 2.02 bits per heavy atom. The van der Waals surface area contributed by atoms with Gasteiger partial charge < -0.3 is 39.5 Å². The molecule has 0 saturated carbocycles. The van der Waals surface area contributed by atoms with Crippen LogP contribution >= 0.6 is 0 Å². The van der Waals surface area contributed by atoms with E-state index in [0.29, 0.717) is 13.0 Å². The van der Waals surface area contributed by atoms with Crippen molar-refractivity contribution >= 4 is 29.6 Å². The highest BCUT2D eigenvalue weighted by atomic mass is 16.5. The third kappa shape index (κ3) is 12.5. The molecule has 1 heterocycles. The first kappa shape index (κ1) is 48.2. The van der Waals surface area contributed by atoms with Crippen LogP contribution in [0.4, 0.5) is 0 Å². The Bertz CT molecular complexity index is 1450. The van der Waals surface area contributed by atoms with E-state index in [1.165, 1.54) is 14.2 Å². The monoisotopic (exact) mass is 786 g/mol. The molecule has 1 saturated heterocycles. The minimum atomic E-state index is -0.895. The maximum Gasteiger partial charge on any atom is 0.328 e. The number of methoxy groups -OCH3 is 3. The highest BCUT2D eigenvalue weighted by Crippen LogP contribution is 2.30. The molecule has 0 bridgehead atoms. The van der Waals surface area contributed by atoms with Gasteiger partial charge in [0, 0.05) is 47.0 Å². The molecule has 0 unspecified atom stereocenters. The Hall–Kier alpha value is -3.97. The number of hydrogen-bond donors (Lipinski definition) is 2. The molecule has 13 nitrogen and oxygen atoms in total. The number of rotatable bonds is 22. The normalized spacial score (nSPS) is 18.6. The van der Waals surface area contributed by atoms with Crippen LogP contribution in [0.3, 0.4) is 0 Å². The fourth-order valence-electron chi connectivity index (χ4n) is 7.93. The van der Waals surface area contributed by atoms with Crippen LogP contribution in [0.25, 0.3) is 0 Å². The van der Waals surface area contributed by atoms with Crippen LogP contribution in [0.15, 0.2) is 42.6 Å². The third-order valence-corrected chi connectivity index (χ3v) is 11.5. The summed E-state index contributed by atoms with van der Waals surface area (Å²) in [4.78, 5) is 73.9. The number of amides is 4. The molecule has 1 aliphatic heterocycles. The zero-order valence-electron chi connectivity index (χ0n) is 36.3. The number of carbonyl (C=O) groups excluding carboxylic acids is 5. The number of allylic oxidation sites excluding steroid dienone is 1. The van der Waals surface area contributed by atoms with Crippen LogP contribution in [-0.4, -0.2) is 129 Å². The van der Waals surface area contributed by atoms with Crippen LogP contribution in [0.1, 0.15) is 86.6 Å². The zero-order valence-corrected chi connectivity index (χ0v) is 36.3. The molecule has 0 aliphatic carbocycles. The van der Waals surface area contributed by atoms with Gasteiger partial charge in [0.2, 0.25) is 23.6 Å². The number of nitrogens with one attached hydrogen (secondary N) is 2. The van der Waals surface area contributed by atoms with Gasteiger partial charge in [-0.1, -0.05) is 91.8 Å². The SMILES string of the molecule is C=C(C)N(C)[C@H](C(=O)N[C@H](C(=O)N(C)[C@@H]([C@@H](C)CC)[C@@H](CC(=O)N1CCC[C@H]1[C@H](OC)[C@@H](C)C(=O)N[C@@H](Cc1ccccc1)C(=O)OC)OC)C(C)C)C(C)C. The molecule has 0 radical (unpaired) electrons. The number of esters is 1. The fraction of sp³-hybridized carbons (Fsp3) is 0.698. The molecule has 1 aromatic rings. The van der Waals surface area contributed by atoms with Crippen molar-refractivity contribution < 1.29 is 38.2 Å². The van der Waals surface area contributed by atoms with E-state index in [1.54, 1.807) is 30.9 Å². The third-order valence-electron chi connectivity index (χ3n) is 11.5. The first-order valence-electron chi connectivity index (χ1n) is 20.1. The second kappa shape index (κ2) is 22.7. The Labute approximate surface area is 336 Å². The molecule has 2 N–H and O–H groups in total. The minimum Gasteiger partial charge on any atom is -0.467 e. The summed E-state index contributed by atoms with van der Waals surface area (Å²) >= 11 is 0. The topological polar surface area (TPSA) is 147 Å². The lowest BCUT2D eigenvalue weighted by Gasteiger charge is -2.41. The average molecular weight is 786 g/mol. The fourth-order valence-corrected chi connectivity index (χ4v) is 7.93. The largest absolute Gasteiger partial charge is 0.467 e. The van der Waals surface area contributed by atoms with Crippen molar-refractivity contribution in [2.45, 2.75) is 130 Å². The van der Waals surface area contributed by atoms with Gasteiger partial charge in [-0.3, -0.25) is 19.2 Å². The highest BCUT2D eigenvalue weighted by molar-refractivity contribution is 5.90. The van der Waals surface area contributed by atoms with Gasteiger partial charge >= 0.3 is 5.97 Å². The molecule has 9 atom stereocenters. The molecule has 1 fully saturated rings. The van der Waals surface area contributed by atoms with E-state index in [1.807, 2.05) is 90.7 Å². The van der Waals surface area contributed by atoms with Gasteiger partial charge in [0.25, 0.3) is 0 Å². The molecular weight excluding hydrogens is 715 g/mol. The van der Waals surface area contributed by atoms with E-state index in [9.17, 15) is 24.0 Å². The van der Waals surface area contributed by atoms with Crippen LogP contribution in [0.2, 0.25) is 0 Å². The summed E-state index contributed by atoms with van der Waals surface area (Å²) in [5, 5.41) is 5.91. The number of nitrogens with zero attached hydrogens (tertiary/aromatic N) is 3. The number of carbonyl (C=O) groups is 5. The quantitative estimate of drug-likeness (QED) is 0.163. The Kier molecular flexibility index (Phi) is 19.5. The molecule has 1 aliphatic rings. The summed E-state index contributed by atoms with van der Waals surface area (Å²) in [6.07, 6.45) is 1.02. The molecule has 0 aromatic heterocycles. The highest BCUT2D eigenvalue weighted by Gasteiger charge is 2.43. The predicted octanol–water partition coefficient (Wildman–Crippen LogP) is 4.44. The summed E-state index contributed by atoms with van der Waals surface area (Å²) in [7, 11) is 7.91. The predicted molar refractivity (Wildman–Crippen MR) is 218 cm³/mol. The van der Waals surface area contributed by atoms with Gasteiger partial charge in [-0.2, -0.15) is 0 Å². The molecule has 13 heteroatoms. The summed E-state index contributed by atoms with van der Waals surface area (Å²) in [6.45, 7) is 19.9. The maximum absolute atomic E-state index is 14.3. The standard InChI is InChI=1S/C43H71N5O8/c1-15-29(8)38(47(11)42(52)36(26(2)3)45-41(51)37(27(4)5)46(10)28(6)7)34(54-12)25-35(49)48-23-19-22-33(48)39(55-13)30(9)40(50)44-32(43(53)56-14)24-31-20-17-16-18-21-31/h16-18,20-21,26-27,29-30,32-34,36-39H,6,15,19,22-25H2,1-5,7-14H3,(H,44,50)(H,45,51)/t29-,30+,32-,33-,34+,36-,37-,38-,39+/m0/s1. The van der Waals surface area contributed by atoms with Crippen molar-refractivity contribution in [2.75, 3.05) is 42.0 Å². The van der Waals surface area contributed by atoms with Crippen LogP contribution in [-0.2, 0) is 44.6 Å². The molecule has 1 aromatic carbocycles. The molecule has 2 rings (SSSR count). The summed E-state index contributed by atoms with van der Waals surface area (Å²) in [5.74, 6) is -2.62. The average Bonchev–Trinajstić information content (AvgIpc) is 3.65. The second-order valence-corrected chi connectivity index (χ2v) is 16.1. The van der Waals surface area contributed by atoms with E-state index in [0.717, 1.165) is 24.1 Å². The van der Waals surface area contributed by atoms with Crippen molar-refractivity contribution in [1.29, 1.82) is 0 Å². The maximum atomic E-state index is 14.3. The van der Waals surface area contributed by atoms with Gasteiger partial charge in [-0.05, 0) is 43.1 Å². The lowest BCUT2D eigenvalue weighted by molar-refractivity contribution is -0.149. The molecular formula is C43H71N5O8. The summed E-state index contributed by atoms with van der Waals surface area (Å²) in [6, 6.07) is 6.28. The molecule has 316 valence electrons. The molecule has 56 heavy (non-hydrogen) atoms. The molecule has 0 spiro atoms. The van der Waals surface area contributed by atoms with Crippen LogP contribution < -0.4 is 10.6 Å². The second-order valence-electron chi connectivity index (χ2n) is 16.1. The Morgan fingerprint density at radius 1 is 0.893 bits per heavy atom. The van der Waals surface area contributed by atoms with Crippen molar-refractivity contribution in [3.8, 4) is 0 Å². The van der Waals surface area contributed by atoms with Crippen molar-refractivity contribution in [2.24, 2.45) is 23.7 Å². The minimum absolute atomic E-state index is 0.00430. The van der Waals surface area contributed by atoms with Gasteiger partial charge in [0.15, 0.2) is 0 Å². The first-order chi connectivity index (χ1) is 26.4. The smallest absolute Gasteiger partial charge is 0.328 e. The number of ether oxygens (including phenoxy) is 3. The van der Waals surface area contributed by atoms with Crippen molar-refractivity contribution in [3.63, 3.8) is 0 Å². The van der Waals surface area contributed by atoms with Crippen molar-refractivity contribution in [3.05, 3.63) is 48.2 Å². The Balaban J connectivity index is 2.30. The summed E-state index contributed by atoms with van der Waals surface area (Å²) < 4.78 is 17.0. The zero-order chi connectivity index (χ0) is 42.4. The first-order valence-corrected chi connectivity index (χ1v) is 20.1. The van der Waals surface area contributed by atoms with Gasteiger partial charge in [-0.25, -0.2) is 4.79 Å². The van der Waals surface area contributed by atoms with E-state index >= 15 is 0 Å². The van der Waals surface area contributed by atoms with E-state index in [-0.39, 0.29) is 54.2 Å². The van der Waals surface area contributed by atoms with Crippen LogP contribution in [0.5, 0.6) is 0 Å². The summed E-state index contributed by atoms with van der Waals surface area (Å²) in [5.41, 5.74) is 1.62. The van der Waals surface area contributed by atoms with Gasteiger partial charge in [0.1, 0.15) is 18.1 Å². The number of likely N-dealkylation sites (tertiary alicyclic amines) is 1. The number of likely N-dealkylation sites (N-methyl/N-ethyl adjacent to an activating group) is 2.